The van der Waals surface area contributed by atoms with Crippen molar-refractivity contribution in [1.82, 2.24) is 4.98 Å². The summed E-state index contributed by atoms with van der Waals surface area (Å²) >= 11 is 8.67. The zero-order valence-corrected chi connectivity index (χ0v) is 7.57. The van der Waals surface area contributed by atoms with Gasteiger partial charge >= 0.3 is 0 Å². The molecule has 0 fully saturated rings. The third-order valence-electron chi connectivity index (χ3n) is 1.09. The standard InChI is InChI=1S/C6H5BrClNO/c1-3-2-4(10)5(7)9-6(3)8/h2,10H,1H3. The van der Waals surface area contributed by atoms with Crippen LogP contribution >= 0.6 is 27.5 Å². The Morgan fingerprint density at radius 2 is 2.30 bits per heavy atom. The van der Waals surface area contributed by atoms with Gasteiger partial charge in [-0.25, -0.2) is 4.98 Å². The number of aromatic hydroxyl groups is 1. The lowest BCUT2D eigenvalue weighted by atomic mass is 10.3. The number of nitrogens with zero attached hydrogens (tertiary/aromatic N) is 1. The highest BCUT2D eigenvalue weighted by Gasteiger charge is 2.02. The Hall–Kier alpha value is -0.280. The van der Waals surface area contributed by atoms with E-state index in [2.05, 4.69) is 20.9 Å². The fraction of sp³-hybridized carbons (Fsp3) is 0.167. The molecule has 0 saturated carbocycles. The number of hydrogen-bond donors (Lipinski definition) is 1. The third-order valence-corrected chi connectivity index (χ3v) is 2.05. The van der Waals surface area contributed by atoms with Crippen LogP contribution in [0, 0.1) is 6.92 Å². The lowest BCUT2D eigenvalue weighted by molar-refractivity contribution is 0.468. The van der Waals surface area contributed by atoms with Gasteiger partial charge in [0.15, 0.2) is 0 Å². The van der Waals surface area contributed by atoms with E-state index in [-0.39, 0.29) is 5.75 Å². The number of aryl methyl sites for hydroxylation is 1. The maximum absolute atomic E-state index is 9.06. The fourth-order valence-corrected chi connectivity index (χ4v) is 1.09. The molecule has 1 heterocycles. The molecule has 54 valence electrons. The largest absolute Gasteiger partial charge is 0.505 e. The second-order valence-corrected chi connectivity index (χ2v) is 3.02. The molecule has 0 unspecified atom stereocenters. The minimum atomic E-state index is 0.113. The SMILES string of the molecule is Cc1cc(O)c(Br)nc1Cl. The van der Waals surface area contributed by atoms with Gasteiger partial charge in [-0.1, -0.05) is 11.6 Å². The smallest absolute Gasteiger partial charge is 0.149 e. The molecule has 0 aromatic carbocycles. The van der Waals surface area contributed by atoms with Gasteiger partial charge in [-0.15, -0.1) is 0 Å². The molecule has 10 heavy (non-hydrogen) atoms. The Balaban J connectivity index is 3.28. The maximum atomic E-state index is 9.06. The highest BCUT2D eigenvalue weighted by molar-refractivity contribution is 9.10. The van der Waals surface area contributed by atoms with Gasteiger partial charge in [0.05, 0.1) is 0 Å². The first-order valence-corrected chi connectivity index (χ1v) is 3.80. The molecule has 0 amide bonds. The molecule has 2 nitrogen and oxygen atoms in total. The van der Waals surface area contributed by atoms with Crippen molar-refractivity contribution < 1.29 is 5.11 Å². The van der Waals surface area contributed by atoms with Gasteiger partial charge in [0.1, 0.15) is 15.5 Å². The Morgan fingerprint density at radius 1 is 1.70 bits per heavy atom. The first-order valence-electron chi connectivity index (χ1n) is 2.63. The minimum Gasteiger partial charge on any atom is -0.505 e. The highest BCUT2D eigenvalue weighted by atomic mass is 79.9. The molecular formula is C6H5BrClNO. The van der Waals surface area contributed by atoms with Crippen LogP contribution in [-0.2, 0) is 0 Å². The monoisotopic (exact) mass is 221 g/mol. The lowest BCUT2D eigenvalue weighted by Crippen LogP contribution is -1.82. The van der Waals surface area contributed by atoms with Crippen LogP contribution in [0.15, 0.2) is 10.7 Å². The van der Waals surface area contributed by atoms with Crippen molar-refractivity contribution in [2.24, 2.45) is 0 Å². The molecule has 0 atom stereocenters. The summed E-state index contributed by atoms with van der Waals surface area (Å²) in [6.07, 6.45) is 0. The molecule has 0 radical (unpaired) electrons. The molecule has 0 spiro atoms. The van der Waals surface area contributed by atoms with Crippen LogP contribution < -0.4 is 0 Å². The van der Waals surface area contributed by atoms with E-state index < -0.39 is 0 Å². The maximum Gasteiger partial charge on any atom is 0.149 e. The molecule has 1 rings (SSSR count). The van der Waals surface area contributed by atoms with E-state index in [1.54, 1.807) is 13.0 Å². The van der Waals surface area contributed by atoms with Crippen LogP contribution in [0.4, 0.5) is 0 Å². The van der Waals surface area contributed by atoms with E-state index in [9.17, 15) is 0 Å². The van der Waals surface area contributed by atoms with Gasteiger partial charge in [0, 0.05) is 0 Å². The van der Waals surface area contributed by atoms with Crippen molar-refractivity contribution in [2.45, 2.75) is 6.92 Å². The Bertz CT molecular complexity index is 214. The van der Waals surface area contributed by atoms with Crippen LogP contribution in [0.1, 0.15) is 5.56 Å². The number of pyridine rings is 1. The zero-order chi connectivity index (χ0) is 7.72. The summed E-state index contributed by atoms with van der Waals surface area (Å²) in [6.45, 7) is 1.78. The summed E-state index contributed by atoms with van der Waals surface area (Å²) < 4.78 is 0.378. The van der Waals surface area contributed by atoms with E-state index in [1.807, 2.05) is 0 Å². The van der Waals surface area contributed by atoms with Crippen LogP contribution in [0.5, 0.6) is 5.75 Å². The number of aromatic nitrogens is 1. The van der Waals surface area contributed by atoms with Crippen molar-refractivity contribution in [3.63, 3.8) is 0 Å². The lowest BCUT2D eigenvalue weighted by Gasteiger charge is -1.98. The summed E-state index contributed by atoms with van der Waals surface area (Å²) in [6, 6.07) is 1.55. The molecule has 0 aliphatic heterocycles. The van der Waals surface area contributed by atoms with E-state index in [1.165, 1.54) is 0 Å². The third kappa shape index (κ3) is 1.41. The summed E-state index contributed by atoms with van der Waals surface area (Å²) in [5.74, 6) is 0.113. The number of rotatable bonds is 0. The molecule has 0 saturated heterocycles. The Morgan fingerprint density at radius 3 is 2.80 bits per heavy atom. The minimum absolute atomic E-state index is 0.113. The summed E-state index contributed by atoms with van der Waals surface area (Å²) in [5.41, 5.74) is 0.766. The van der Waals surface area contributed by atoms with Gasteiger partial charge in [-0.05, 0) is 34.5 Å². The molecular weight excluding hydrogens is 217 g/mol. The molecule has 4 heteroatoms. The molecule has 0 aliphatic carbocycles. The van der Waals surface area contributed by atoms with E-state index in [0.29, 0.717) is 9.76 Å². The second-order valence-electron chi connectivity index (χ2n) is 1.91. The van der Waals surface area contributed by atoms with Crippen LogP contribution in [0.3, 0.4) is 0 Å². The predicted molar refractivity (Wildman–Crippen MR) is 43.3 cm³/mol. The van der Waals surface area contributed by atoms with Crippen LogP contribution in [0.2, 0.25) is 5.15 Å². The first-order chi connectivity index (χ1) is 4.61. The van der Waals surface area contributed by atoms with E-state index in [0.717, 1.165) is 5.56 Å². The summed E-state index contributed by atoms with van der Waals surface area (Å²) in [4.78, 5) is 3.80. The number of halogens is 2. The van der Waals surface area contributed by atoms with Crippen LogP contribution in [0.25, 0.3) is 0 Å². The quantitative estimate of drug-likeness (QED) is 0.684. The van der Waals surface area contributed by atoms with Crippen LogP contribution in [-0.4, -0.2) is 10.1 Å². The molecule has 0 aliphatic rings. The molecule has 1 aromatic rings. The molecule has 1 N–H and O–H groups in total. The highest BCUT2D eigenvalue weighted by Crippen LogP contribution is 2.25. The molecule has 0 bridgehead atoms. The average Bonchev–Trinajstić information content (AvgIpc) is 1.84. The van der Waals surface area contributed by atoms with Gasteiger partial charge in [0.25, 0.3) is 0 Å². The Kier molecular flexibility index (Phi) is 2.16. The van der Waals surface area contributed by atoms with Crippen molar-refractivity contribution in [3.05, 3.63) is 21.4 Å². The van der Waals surface area contributed by atoms with E-state index >= 15 is 0 Å². The number of hydrogen-bond acceptors (Lipinski definition) is 2. The fourth-order valence-electron chi connectivity index (χ4n) is 0.556. The normalized spacial score (nSPS) is 9.90. The molecule has 1 aromatic heterocycles. The zero-order valence-electron chi connectivity index (χ0n) is 5.23. The summed E-state index contributed by atoms with van der Waals surface area (Å²) in [7, 11) is 0. The summed E-state index contributed by atoms with van der Waals surface area (Å²) in [5, 5.41) is 9.46. The van der Waals surface area contributed by atoms with Gasteiger partial charge in [-0.3, -0.25) is 0 Å². The van der Waals surface area contributed by atoms with E-state index in [4.69, 9.17) is 16.7 Å². The predicted octanol–water partition coefficient (Wildman–Crippen LogP) is 2.51. The Labute approximate surface area is 72.0 Å². The van der Waals surface area contributed by atoms with Crippen molar-refractivity contribution in [3.8, 4) is 5.75 Å². The van der Waals surface area contributed by atoms with Crippen molar-refractivity contribution >= 4 is 27.5 Å². The van der Waals surface area contributed by atoms with Crippen molar-refractivity contribution in [2.75, 3.05) is 0 Å². The van der Waals surface area contributed by atoms with Gasteiger partial charge in [0.2, 0.25) is 0 Å². The topological polar surface area (TPSA) is 33.1 Å². The van der Waals surface area contributed by atoms with Gasteiger partial charge < -0.3 is 5.11 Å². The van der Waals surface area contributed by atoms with Gasteiger partial charge in [-0.2, -0.15) is 0 Å². The first kappa shape index (κ1) is 7.82. The van der Waals surface area contributed by atoms with Crippen molar-refractivity contribution in [1.29, 1.82) is 0 Å². The average molecular weight is 222 g/mol. The second kappa shape index (κ2) is 2.76.